The second kappa shape index (κ2) is 5.10. The molecule has 0 atom stereocenters. The van der Waals surface area contributed by atoms with Gasteiger partial charge in [0.25, 0.3) is 0 Å². The Morgan fingerprint density at radius 3 is 2.89 bits per heavy atom. The number of imidazole rings is 1. The number of rotatable bonds is 4. The molecule has 0 bridgehead atoms. The van der Waals surface area contributed by atoms with Crippen molar-refractivity contribution in [1.82, 2.24) is 14.5 Å². The molecule has 3 aromatic rings. The number of nitrogens with one attached hydrogen (secondary N) is 1. The Labute approximate surface area is 112 Å². The third kappa shape index (κ3) is 2.29. The van der Waals surface area contributed by atoms with E-state index in [2.05, 4.69) is 38.9 Å². The van der Waals surface area contributed by atoms with E-state index >= 15 is 0 Å². The number of anilines is 1. The largest absolute Gasteiger partial charge is 0.370 e. The SMILES string of the molecule is CCNc1ncccc1Cn1cnc2ccccc21. The number of pyridine rings is 1. The van der Waals surface area contributed by atoms with Crippen LogP contribution in [0.1, 0.15) is 12.5 Å². The van der Waals surface area contributed by atoms with Gasteiger partial charge in [0, 0.05) is 18.3 Å². The van der Waals surface area contributed by atoms with Gasteiger partial charge in [0.2, 0.25) is 0 Å². The van der Waals surface area contributed by atoms with E-state index in [0.29, 0.717) is 0 Å². The molecule has 4 nitrogen and oxygen atoms in total. The molecule has 1 aromatic carbocycles. The van der Waals surface area contributed by atoms with Gasteiger partial charge in [-0.05, 0) is 25.1 Å². The van der Waals surface area contributed by atoms with E-state index in [1.165, 1.54) is 5.56 Å². The van der Waals surface area contributed by atoms with Gasteiger partial charge in [0.05, 0.1) is 23.9 Å². The van der Waals surface area contributed by atoms with Crippen LogP contribution in [0.25, 0.3) is 11.0 Å². The molecule has 19 heavy (non-hydrogen) atoms. The molecule has 3 rings (SSSR count). The first-order valence-electron chi connectivity index (χ1n) is 6.46. The molecule has 0 radical (unpaired) electrons. The fourth-order valence-corrected chi connectivity index (χ4v) is 2.21. The van der Waals surface area contributed by atoms with Gasteiger partial charge in [0.1, 0.15) is 5.82 Å². The van der Waals surface area contributed by atoms with Gasteiger partial charge in [-0.3, -0.25) is 0 Å². The molecule has 2 aromatic heterocycles. The molecule has 0 fully saturated rings. The summed E-state index contributed by atoms with van der Waals surface area (Å²) in [6.07, 6.45) is 3.70. The zero-order valence-electron chi connectivity index (χ0n) is 10.9. The van der Waals surface area contributed by atoms with Crippen molar-refractivity contribution < 1.29 is 0 Å². The average molecular weight is 252 g/mol. The summed E-state index contributed by atoms with van der Waals surface area (Å²) < 4.78 is 2.15. The van der Waals surface area contributed by atoms with Crippen molar-refractivity contribution in [3.8, 4) is 0 Å². The highest BCUT2D eigenvalue weighted by atomic mass is 15.1. The van der Waals surface area contributed by atoms with Crippen LogP contribution >= 0.6 is 0 Å². The second-order valence-electron chi connectivity index (χ2n) is 4.40. The minimum absolute atomic E-state index is 0.774. The average Bonchev–Trinajstić information content (AvgIpc) is 2.85. The van der Waals surface area contributed by atoms with Gasteiger partial charge in [-0.25, -0.2) is 9.97 Å². The summed E-state index contributed by atoms with van der Waals surface area (Å²) in [5.41, 5.74) is 3.35. The highest BCUT2D eigenvalue weighted by molar-refractivity contribution is 5.75. The summed E-state index contributed by atoms with van der Waals surface area (Å²) in [6, 6.07) is 12.2. The van der Waals surface area contributed by atoms with Crippen molar-refractivity contribution >= 4 is 16.9 Å². The number of benzene rings is 1. The Morgan fingerprint density at radius 2 is 2.00 bits per heavy atom. The highest BCUT2D eigenvalue weighted by Gasteiger charge is 2.06. The first kappa shape index (κ1) is 11.7. The number of fused-ring (bicyclic) bond motifs is 1. The summed E-state index contributed by atoms with van der Waals surface area (Å²) in [5.74, 6) is 0.947. The summed E-state index contributed by atoms with van der Waals surface area (Å²) in [5, 5.41) is 3.29. The topological polar surface area (TPSA) is 42.7 Å². The lowest BCUT2D eigenvalue weighted by atomic mass is 10.2. The molecular weight excluding hydrogens is 236 g/mol. The van der Waals surface area contributed by atoms with Crippen LogP contribution in [0.3, 0.4) is 0 Å². The van der Waals surface area contributed by atoms with Crippen LogP contribution in [0.15, 0.2) is 48.9 Å². The van der Waals surface area contributed by atoms with Crippen molar-refractivity contribution in [1.29, 1.82) is 0 Å². The number of nitrogens with zero attached hydrogens (tertiary/aromatic N) is 3. The third-order valence-electron chi connectivity index (χ3n) is 3.10. The number of hydrogen-bond acceptors (Lipinski definition) is 3. The van der Waals surface area contributed by atoms with Crippen LogP contribution < -0.4 is 5.32 Å². The standard InChI is InChI=1S/C15H16N4/c1-2-16-15-12(6-5-9-17-15)10-19-11-18-13-7-3-4-8-14(13)19/h3-9,11H,2,10H2,1H3,(H,16,17). The molecule has 0 amide bonds. The Balaban J connectivity index is 1.97. The summed E-state index contributed by atoms with van der Waals surface area (Å²) >= 11 is 0. The molecule has 0 unspecified atom stereocenters. The van der Waals surface area contributed by atoms with E-state index in [-0.39, 0.29) is 0 Å². The fourth-order valence-electron chi connectivity index (χ4n) is 2.21. The molecular formula is C15H16N4. The molecule has 0 aliphatic rings. The molecule has 4 heteroatoms. The lowest BCUT2D eigenvalue weighted by Gasteiger charge is -2.10. The number of para-hydroxylation sites is 2. The monoisotopic (exact) mass is 252 g/mol. The minimum Gasteiger partial charge on any atom is -0.370 e. The zero-order valence-corrected chi connectivity index (χ0v) is 10.9. The fraction of sp³-hybridized carbons (Fsp3) is 0.200. The van der Waals surface area contributed by atoms with Crippen LogP contribution in [0, 0.1) is 0 Å². The molecule has 2 heterocycles. The maximum atomic E-state index is 4.41. The quantitative estimate of drug-likeness (QED) is 0.776. The first-order chi connectivity index (χ1) is 9.38. The second-order valence-corrected chi connectivity index (χ2v) is 4.40. The summed E-state index contributed by atoms with van der Waals surface area (Å²) in [6.45, 7) is 3.72. The molecule has 0 aliphatic carbocycles. The lowest BCUT2D eigenvalue weighted by molar-refractivity contribution is 0.820. The Hall–Kier alpha value is -2.36. The van der Waals surface area contributed by atoms with Crippen molar-refractivity contribution in [3.05, 3.63) is 54.5 Å². The number of hydrogen-bond donors (Lipinski definition) is 1. The molecule has 96 valence electrons. The van der Waals surface area contributed by atoms with E-state index in [9.17, 15) is 0 Å². The normalized spacial score (nSPS) is 10.8. The van der Waals surface area contributed by atoms with Crippen LogP contribution in [0.5, 0.6) is 0 Å². The highest BCUT2D eigenvalue weighted by Crippen LogP contribution is 2.17. The number of aromatic nitrogens is 3. The maximum Gasteiger partial charge on any atom is 0.130 e. The van der Waals surface area contributed by atoms with Gasteiger partial charge in [-0.2, -0.15) is 0 Å². The van der Waals surface area contributed by atoms with Crippen molar-refractivity contribution in [2.24, 2.45) is 0 Å². The van der Waals surface area contributed by atoms with Gasteiger partial charge < -0.3 is 9.88 Å². The van der Waals surface area contributed by atoms with Crippen molar-refractivity contribution in [2.45, 2.75) is 13.5 Å². The molecule has 1 N–H and O–H groups in total. The Morgan fingerprint density at radius 1 is 1.11 bits per heavy atom. The van der Waals surface area contributed by atoms with Gasteiger partial charge in [-0.1, -0.05) is 18.2 Å². The van der Waals surface area contributed by atoms with Gasteiger partial charge >= 0.3 is 0 Å². The molecule has 0 spiro atoms. The van der Waals surface area contributed by atoms with E-state index in [0.717, 1.165) is 29.9 Å². The predicted molar refractivity (Wildman–Crippen MR) is 77.2 cm³/mol. The summed E-state index contributed by atoms with van der Waals surface area (Å²) in [7, 11) is 0. The van der Waals surface area contributed by atoms with E-state index < -0.39 is 0 Å². The van der Waals surface area contributed by atoms with Gasteiger partial charge in [0.15, 0.2) is 0 Å². The van der Waals surface area contributed by atoms with Crippen molar-refractivity contribution in [3.63, 3.8) is 0 Å². The molecule has 0 aliphatic heterocycles. The molecule has 0 saturated carbocycles. The smallest absolute Gasteiger partial charge is 0.130 e. The van der Waals surface area contributed by atoms with Crippen LogP contribution in [0.2, 0.25) is 0 Å². The van der Waals surface area contributed by atoms with Crippen LogP contribution in [0.4, 0.5) is 5.82 Å². The third-order valence-corrected chi connectivity index (χ3v) is 3.10. The predicted octanol–water partition coefficient (Wildman–Crippen LogP) is 2.91. The van der Waals surface area contributed by atoms with E-state index in [1.807, 2.05) is 36.8 Å². The first-order valence-corrected chi connectivity index (χ1v) is 6.46. The lowest BCUT2D eigenvalue weighted by Crippen LogP contribution is -2.06. The maximum absolute atomic E-state index is 4.41. The van der Waals surface area contributed by atoms with E-state index in [1.54, 1.807) is 0 Å². The molecule has 0 saturated heterocycles. The van der Waals surface area contributed by atoms with Crippen LogP contribution in [-0.2, 0) is 6.54 Å². The Bertz CT molecular complexity index is 687. The van der Waals surface area contributed by atoms with Crippen LogP contribution in [-0.4, -0.2) is 21.1 Å². The zero-order chi connectivity index (χ0) is 13.1. The van der Waals surface area contributed by atoms with Crippen molar-refractivity contribution in [2.75, 3.05) is 11.9 Å². The van der Waals surface area contributed by atoms with Gasteiger partial charge in [-0.15, -0.1) is 0 Å². The van der Waals surface area contributed by atoms with E-state index in [4.69, 9.17) is 0 Å². The minimum atomic E-state index is 0.774. The summed E-state index contributed by atoms with van der Waals surface area (Å²) in [4.78, 5) is 8.80. The Kier molecular flexibility index (Phi) is 3.14.